The zero-order valence-corrected chi connectivity index (χ0v) is 17.8. The SMILES string of the molecule is CCc1c(C)c2c(n(C)c1=O)CN(C(=O)CC1CN(c3ccnc(C(F)(F)F)c3)C1)C2. The largest absolute Gasteiger partial charge is 0.433 e. The maximum atomic E-state index is 12.9. The Kier molecular flexibility index (Phi) is 5.31. The Labute approximate surface area is 178 Å². The van der Waals surface area contributed by atoms with Gasteiger partial charge in [-0.05, 0) is 36.6 Å². The van der Waals surface area contributed by atoms with Gasteiger partial charge in [-0.1, -0.05) is 6.92 Å². The lowest BCUT2D eigenvalue weighted by atomic mass is 9.95. The molecule has 0 saturated carbocycles. The summed E-state index contributed by atoms with van der Waals surface area (Å²) in [7, 11) is 1.75. The van der Waals surface area contributed by atoms with E-state index in [0.717, 1.165) is 34.6 Å². The number of alkyl halides is 3. The first-order valence-corrected chi connectivity index (χ1v) is 10.4. The van der Waals surface area contributed by atoms with Gasteiger partial charge in [0.1, 0.15) is 5.69 Å². The Morgan fingerprint density at radius 2 is 1.97 bits per heavy atom. The van der Waals surface area contributed by atoms with E-state index < -0.39 is 11.9 Å². The number of carbonyl (C=O) groups is 1. The van der Waals surface area contributed by atoms with E-state index in [9.17, 15) is 22.8 Å². The number of rotatable bonds is 4. The first kappa shape index (κ1) is 21.4. The van der Waals surface area contributed by atoms with Crippen molar-refractivity contribution < 1.29 is 18.0 Å². The molecule has 2 aromatic rings. The van der Waals surface area contributed by atoms with Crippen molar-refractivity contribution in [1.82, 2.24) is 14.5 Å². The summed E-state index contributed by atoms with van der Waals surface area (Å²) in [6, 6.07) is 2.60. The number of fused-ring (bicyclic) bond motifs is 1. The molecular weight excluding hydrogens is 409 g/mol. The highest BCUT2D eigenvalue weighted by Crippen LogP contribution is 2.33. The van der Waals surface area contributed by atoms with Gasteiger partial charge < -0.3 is 14.4 Å². The summed E-state index contributed by atoms with van der Waals surface area (Å²) in [6.07, 6.45) is -2.32. The number of amides is 1. The van der Waals surface area contributed by atoms with Crippen LogP contribution in [0.25, 0.3) is 0 Å². The van der Waals surface area contributed by atoms with Crippen LogP contribution < -0.4 is 10.5 Å². The monoisotopic (exact) mass is 434 g/mol. The Morgan fingerprint density at radius 3 is 2.61 bits per heavy atom. The van der Waals surface area contributed by atoms with Crippen LogP contribution in [0.5, 0.6) is 0 Å². The van der Waals surface area contributed by atoms with Crippen LogP contribution in [-0.2, 0) is 37.5 Å². The topological polar surface area (TPSA) is 58.4 Å². The highest BCUT2D eigenvalue weighted by molar-refractivity contribution is 5.77. The van der Waals surface area contributed by atoms with Crippen LogP contribution in [0.4, 0.5) is 18.9 Å². The lowest BCUT2D eigenvalue weighted by Gasteiger charge is -2.41. The van der Waals surface area contributed by atoms with Crippen LogP contribution in [0.2, 0.25) is 0 Å². The third-order valence-electron chi connectivity index (χ3n) is 6.44. The van der Waals surface area contributed by atoms with Gasteiger partial charge in [0.25, 0.3) is 5.56 Å². The molecule has 166 valence electrons. The Hall–Kier alpha value is -2.84. The van der Waals surface area contributed by atoms with Crippen molar-refractivity contribution >= 4 is 11.6 Å². The molecule has 0 aliphatic carbocycles. The van der Waals surface area contributed by atoms with Gasteiger partial charge in [-0.3, -0.25) is 14.6 Å². The maximum Gasteiger partial charge on any atom is 0.433 e. The Morgan fingerprint density at radius 1 is 1.26 bits per heavy atom. The molecule has 0 N–H and O–H groups in total. The first-order chi connectivity index (χ1) is 14.6. The van der Waals surface area contributed by atoms with E-state index in [1.54, 1.807) is 22.6 Å². The lowest BCUT2D eigenvalue weighted by molar-refractivity contribution is -0.141. The summed E-state index contributed by atoms with van der Waals surface area (Å²) in [5.74, 6) is 0.103. The van der Waals surface area contributed by atoms with E-state index in [4.69, 9.17) is 0 Å². The maximum absolute atomic E-state index is 12.9. The molecule has 0 atom stereocenters. The van der Waals surface area contributed by atoms with Crippen LogP contribution in [-0.4, -0.2) is 33.4 Å². The second kappa shape index (κ2) is 7.69. The fraction of sp³-hybridized carbons (Fsp3) is 0.500. The molecule has 0 spiro atoms. The average molecular weight is 434 g/mol. The predicted octanol–water partition coefficient (Wildman–Crippen LogP) is 3.04. The molecule has 2 aromatic heterocycles. The van der Waals surface area contributed by atoms with Crippen LogP contribution in [0, 0.1) is 12.8 Å². The van der Waals surface area contributed by atoms with Gasteiger partial charge in [0.05, 0.1) is 6.54 Å². The average Bonchev–Trinajstić information content (AvgIpc) is 3.14. The van der Waals surface area contributed by atoms with Crippen molar-refractivity contribution in [2.75, 3.05) is 18.0 Å². The van der Waals surface area contributed by atoms with E-state index in [1.165, 1.54) is 0 Å². The third-order valence-corrected chi connectivity index (χ3v) is 6.44. The quantitative estimate of drug-likeness (QED) is 0.742. The zero-order valence-electron chi connectivity index (χ0n) is 17.8. The fourth-order valence-electron chi connectivity index (χ4n) is 4.58. The van der Waals surface area contributed by atoms with Crippen LogP contribution >= 0.6 is 0 Å². The molecule has 0 radical (unpaired) electrons. The molecule has 0 bridgehead atoms. The normalized spacial score (nSPS) is 16.5. The molecule has 2 aliphatic heterocycles. The number of halogens is 3. The minimum absolute atomic E-state index is 0.00161. The molecule has 4 heterocycles. The number of hydrogen-bond donors (Lipinski definition) is 0. The molecule has 1 fully saturated rings. The molecule has 9 heteroatoms. The van der Waals surface area contributed by atoms with Crippen molar-refractivity contribution in [3.05, 3.63) is 56.8 Å². The highest BCUT2D eigenvalue weighted by atomic mass is 19.4. The number of hydrogen-bond acceptors (Lipinski definition) is 4. The van der Waals surface area contributed by atoms with E-state index in [-0.39, 0.29) is 17.4 Å². The molecule has 1 saturated heterocycles. The van der Waals surface area contributed by atoms with E-state index >= 15 is 0 Å². The fourth-order valence-corrected chi connectivity index (χ4v) is 4.58. The molecule has 31 heavy (non-hydrogen) atoms. The Balaban J connectivity index is 1.38. The molecule has 0 aromatic carbocycles. The standard InChI is InChI=1S/C22H25F3N4O2/c1-4-16-13(2)17-11-29(12-18(17)27(3)21(16)31)20(30)7-14-9-28(10-14)15-5-6-26-19(8-15)22(23,24)25/h5-6,8,14H,4,7,9-12H2,1-3H3. The van der Waals surface area contributed by atoms with Crippen LogP contribution in [0.1, 0.15) is 41.4 Å². The minimum Gasteiger partial charge on any atom is -0.371 e. The highest BCUT2D eigenvalue weighted by Gasteiger charge is 2.36. The molecular formula is C22H25F3N4O2. The van der Waals surface area contributed by atoms with Gasteiger partial charge in [-0.2, -0.15) is 13.2 Å². The molecule has 0 unspecified atom stereocenters. The molecule has 2 aliphatic rings. The van der Waals surface area contributed by atoms with E-state index in [0.29, 0.717) is 44.7 Å². The van der Waals surface area contributed by atoms with Crippen molar-refractivity contribution in [2.24, 2.45) is 13.0 Å². The van der Waals surface area contributed by atoms with Crippen molar-refractivity contribution in [1.29, 1.82) is 0 Å². The van der Waals surface area contributed by atoms with Crippen LogP contribution in [0.15, 0.2) is 23.1 Å². The van der Waals surface area contributed by atoms with Gasteiger partial charge in [-0.15, -0.1) is 0 Å². The van der Waals surface area contributed by atoms with Gasteiger partial charge >= 0.3 is 6.18 Å². The summed E-state index contributed by atoms with van der Waals surface area (Å²) in [4.78, 5) is 32.4. The number of carbonyl (C=O) groups excluding carboxylic acids is 1. The van der Waals surface area contributed by atoms with Gasteiger partial charge in [0.2, 0.25) is 5.91 Å². The summed E-state index contributed by atoms with van der Waals surface area (Å²) in [6.45, 7) is 5.88. The summed E-state index contributed by atoms with van der Waals surface area (Å²) in [5, 5.41) is 0. The van der Waals surface area contributed by atoms with Crippen molar-refractivity contribution in [3.63, 3.8) is 0 Å². The second-order valence-electron chi connectivity index (χ2n) is 8.37. The summed E-state index contributed by atoms with van der Waals surface area (Å²) in [5.41, 5.74) is 3.27. The zero-order chi connectivity index (χ0) is 22.5. The van der Waals surface area contributed by atoms with Crippen molar-refractivity contribution in [3.8, 4) is 0 Å². The predicted molar refractivity (Wildman–Crippen MR) is 110 cm³/mol. The third kappa shape index (κ3) is 3.81. The van der Waals surface area contributed by atoms with E-state index in [1.807, 2.05) is 18.7 Å². The number of anilines is 1. The molecule has 4 rings (SSSR count). The van der Waals surface area contributed by atoms with Gasteiger partial charge in [0.15, 0.2) is 0 Å². The lowest BCUT2D eigenvalue weighted by Crippen LogP contribution is -2.48. The Bertz CT molecular complexity index is 1090. The number of nitrogens with zero attached hydrogens (tertiary/aromatic N) is 4. The second-order valence-corrected chi connectivity index (χ2v) is 8.37. The molecule has 1 amide bonds. The van der Waals surface area contributed by atoms with Crippen molar-refractivity contribution in [2.45, 2.75) is 46.0 Å². The summed E-state index contributed by atoms with van der Waals surface area (Å²) >= 11 is 0. The first-order valence-electron chi connectivity index (χ1n) is 10.4. The minimum atomic E-state index is -4.48. The number of pyridine rings is 2. The smallest absolute Gasteiger partial charge is 0.371 e. The number of aromatic nitrogens is 2. The van der Waals surface area contributed by atoms with Gasteiger partial charge in [0, 0.05) is 62.2 Å². The van der Waals surface area contributed by atoms with Gasteiger partial charge in [-0.25, -0.2) is 0 Å². The molecule has 6 nitrogen and oxygen atoms in total. The van der Waals surface area contributed by atoms with E-state index in [2.05, 4.69) is 4.98 Å². The summed E-state index contributed by atoms with van der Waals surface area (Å²) < 4.78 is 40.2. The van der Waals surface area contributed by atoms with Crippen LogP contribution in [0.3, 0.4) is 0 Å².